The SMILES string of the molecule is O=COCc1nc(Br)cnc1F. The van der Waals surface area contributed by atoms with Crippen molar-refractivity contribution in [1.82, 2.24) is 9.97 Å². The minimum absolute atomic E-state index is 0.00326. The summed E-state index contributed by atoms with van der Waals surface area (Å²) < 4.78 is 17.4. The molecule has 1 aromatic rings. The topological polar surface area (TPSA) is 52.1 Å². The highest BCUT2D eigenvalue weighted by molar-refractivity contribution is 9.10. The summed E-state index contributed by atoms with van der Waals surface area (Å²) in [4.78, 5) is 16.8. The second-order valence-electron chi connectivity index (χ2n) is 1.84. The largest absolute Gasteiger partial charge is 0.461 e. The van der Waals surface area contributed by atoms with Gasteiger partial charge in [0.15, 0.2) is 0 Å². The van der Waals surface area contributed by atoms with Crippen LogP contribution in [0.25, 0.3) is 0 Å². The van der Waals surface area contributed by atoms with E-state index in [1.54, 1.807) is 0 Å². The number of carbonyl (C=O) groups is 1. The summed E-state index contributed by atoms with van der Waals surface area (Å²) in [6.45, 7) is 0.0177. The number of carbonyl (C=O) groups excluding carboxylic acids is 1. The third-order valence-corrected chi connectivity index (χ3v) is 1.43. The maximum Gasteiger partial charge on any atom is 0.293 e. The molecule has 4 nitrogen and oxygen atoms in total. The van der Waals surface area contributed by atoms with Gasteiger partial charge in [0, 0.05) is 0 Å². The van der Waals surface area contributed by atoms with E-state index in [0.717, 1.165) is 0 Å². The maximum atomic E-state index is 12.7. The van der Waals surface area contributed by atoms with Gasteiger partial charge in [0.05, 0.1) is 6.20 Å². The third-order valence-electron chi connectivity index (χ3n) is 1.05. The molecule has 0 unspecified atom stereocenters. The van der Waals surface area contributed by atoms with Crippen LogP contribution in [0.3, 0.4) is 0 Å². The van der Waals surface area contributed by atoms with E-state index >= 15 is 0 Å². The molecular formula is C6H4BrFN2O2. The van der Waals surface area contributed by atoms with Gasteiger partial charge < -0.3 is 4.74 Å². The Morgan fingerprint density at radius 1 is 1.75 bits per heavy atom. The van der Waals surface area contributed by atoms with Crippen LogP contribution in [0.15, 0.2) is 10.8 Å². The second-order valence-corrected chi connectivity index (χ2v) is 2.65. The summed E-state index contributed by atoms with van der Waals surface area (Å²) in [5.74, 6) is -0.736. The van der Waals surface area contributed by atoms with Crippen molar-refractivity contribution in [2.45, 2.75) is 6.61 Å². The van der Waals surface area contributed by atoms with E-state index < -0.39 is 5.95 Å². The van der Waals surface area contributed by atoms with Crippen LogP contribution in [-0.4, -0.2) is 16.4 Å². The zero-order chi connectivity index (χ0) is 8.97. The van der Waals surface area contributed by atoms with Gasteiger partial charge in [-0.05, 0) is 15.9 Å². The summed E-state index contributed by atoms with van der Waals surface area (Å²) in [5.41, 5.74) is -0.00326. The molecule has 0 amide bonds. The fourth-order valence-corrected chi connectivity index (χ4v) is 0.910. The summed E-state index contributed by atoms with van der Waals surface area (Å²) in [6.07, 6.45) is 1.22. The van der Waals surface area contributed by atoms with Crippen LogP contribution in [0.1, 0.15) is 5.69 Å². The molecule has 1 heterocycles. The van der Waals surface area contributed by atoms with Crippen molar-refractivity contribution in [1.29, 1.82) is 0 Å². The number of rotatable bonds is 3. The van der Waals surface area contributed by atoms with Crippen LogP contribution < -0.4 is 0 Å². The van der Waals surface area contributed by atoms with Gasteiger partial charge >= 0.3 is 0 Å². The van der Waals surface area contributed by atoms with Crippen LogP contribution in [0, 0.1) is 5.95 Å². The molecule has 0 N–H and O–H groups in total. The minimum Gasteiger partial charge on any atom is -0.461 e. The fourth-order valence-electron chi connectivity index (χ4n) is 0.593. The monoisotopic (exact) mass is 234 g/mol. The van der Waals surface area contributed by atoms with E-state index in [4.69, 9.17) is 0 Å². The number of halogens is 2. The highest BCUT2D eigenvalue weighted by atomic mass is 79.9. The highest BCUT2D eigenvalue weighted by Gasteiger charge is 2.05. The van der Waals surface area contributed by atoms with Crippen LogP contribution in [0.5, 0.6) is 0 Å². The van der Waals surface area contributed by atoms with Gasteiger partial charge in [-0.15, -0.1) is 0 Å². The van der Waals surface area contributed by atoms with Crippen molar-refractivity contribution in [3.63, 3.8) is 0 Å². The molecule has 0 saturated heterocycles. The molecule has 12 heavy (non-hydrogen) atoms. The summed E-state index contributed by atoms with van der Waals surface area (Å²) in [6, 6.07) is 0. The van der Waals surface area contributed by atoms with Gasteiger partial charge in [-0.1, -0.05) is 0 Å². The fraction of sp³-hybridized carbons (Fsp3) is 0.167. The Labute approximate surface area is 75.9 Å². The first kappa shape index (κ1) is 9.05. The molecule has 6 heteroatoms. The summed E-state index contributed by atoms with van der Waals surface area (Å²) >= 11 is 3.00. The van der Waals surface area contributed by atoms with E-state index in [1.165, 1.54) is 6.20 Å². The molecule has 0 bridgehead atoms. The number of aromatic nitrogens is 2. The Morgan fingerprint density at radius 2 is 2.50 bits per heavy atom. The normalized spacial score (nSPS) is 9.50. The van der Waals surface area contributed by atoms with Crippen LogP contribution in [0.4, 0.5) is 4.39 Å². The Bertz CT molecular complexity index is 295. The molecule has 0 saturated carbocycles. The average molecular weight is 235 g/mol. The highest BCUT2D eigenvalue weighted by Crippen LogP contribution is 2.08. The van der Waals surface area contributed by atoms with Gasteiger partial charge in [0.2, 0.25) is 5.95 Å². The maximum absolute atomic E-state index is 12.7. The quantitative estimate of drug-likeness (QED) is 0.734. The lowest BCUT2D eigenvalue weighted by Crippen LogP contribution is -2.00. The molecule has 0 radical (unpaired) electrons. The molecular weight excluding hydrogens is 231 g/mol. The molecule has 1 aromatic heterocycles. The lowest BCUT2D eigenvalue weighted by atomic mass is 10.5. The predicted octanol–water partition coefficient (Wildman–Crippen LogP) is 1.05. The molecule has 0 aliphatic rings. The van der Waals surface area contributed by atoms with Crippen molar-refractivity contribution in [3.05, 3.63) is 22.4 Å². The standard InChI is InChI=1S/C6H4BrFN2O2/c7-5-1-9-6(8)4(10-5)2-12-3-11/h1,3H,2H2. The number of nitrogens with zero attached hydrogens (tertiary/aromatic N) is 2. The summed E-state index contributed by atoms with van der Waals surface area (Å²) in [5, 5.41) is 0. The van der Waals surface area contributed by atoms with Crippen molar-refractivity contribution < 1.29 is 13.9 Å². The lowest BCUT2D eigenvalue weighted by Gasteiger charge is -1.99. The Morgan fingerprint density at radius 3 is 3.17 bits per heavy atom. The molecule has 0 fully saturated rings. The van der Waals surface area contributed by atoms with Gasteiger partial charge in [-0.25, -0.2) is 9.97 Å². The molecule has 0 spiro atoms. The third kappa shape index (κ3) is 2.23. The molecule has 0 aliphatic heterocycles. The molecule has 0 aromatic carbocycles. The minimum atomic E-state index is -0.736. The second kappa shape index (κ2) is 4.10. The van der Waals surface area contributed by atoms with Crippen molar-refractivity contribution in [2.24, 2.45) is 0 Å². The summed E-state index contributed by atoms with van der Waals surface area (Å²) in [7, 11) is 0. The zero-order valence-electron chi connectivity index (χ0n) is 5.83. The van der Waals surface area contributed by atoms with Gasteiger partial charge in [0.1, 0.15) is 16.9 Å². The molecule has 64 valence electrons. The lowest BCUT2D eigenvalue weighted by molar-refractivity contribution is -0.130. The number of hydrogen-bond donors (Lipinski definition) is 0. The van der Waals surface area contributed by atoms with E-state index in [2.05, 4.69) is 30.6 Å². The molecule has 1 rings (SSSR count). The predicted molar refractivity (Wildman–Crippen MR) is 40.5 cm³/mol. The van der Waals surface area contributed by atoms with Gasteiger partial charge in [-0.3, -0.25) is 4.79 Å². The Hall–Kier alpha value is -1.04. The molecule has 0 aliphatic carbocycles. The number of hydrogen-bond acceptors (Lipinski definition) is 4. The molecule has 0 atom stereocenters. The smallest absolute Gasteiger partial charge is 0.293 e. The van der Waals surface area contributed by atoms with Crippen molar-refractivity contribution in [2.75, 3.05) is 0 Å². The number of ether oxygens (including phenoxy) is 1. The Kier molecular flexibility index (Phi) is 3.09. The van der Waals surface area contributed by atoms with Gasteiger partial charge in [-0.2, -0.15) is 4.39 Å². The van der Waals surface area contributed by atoms with E-state index in [9.17, 15) is 9.18 Å². The van der Waals surface area contributed by atoms with Gasteiger partial charge in [0.25, 0.3) is 6.47 Å². The first-order chi connectivity index (χ1) is 5.74. The van der Waals surface area contributed by atoms with E-state index in [0.29, 0.717) is 4.60 Å². The zero-order valence-corrected chi connectivity index (χ0v) is 7.41. The first-order valence-electron chi connectivity index (χ1n) is 2.96. The Balaban J connectivity index is 2.82. The van der Waals surface area contributed by atoms with Crippen LogP contribution >= 0.6 is 15.9 Å². The van der Waals surface area contributed by atoms with Crippen LogP contribution in [0.2, 0.25) is 0 Å². The van der Waals surface area contributed by atoms with E-state index in [-0.39, 0.29) is 18.8 Å². The average Bonchev–Trinajstić information content (AvgIpc) is 2.07. The van der Waals surface area contributed by atoms with Crippen molar-refractivity contribution in [3.8, 4) is 0 Å². The van der Waals surface area contributed by atoms with E-state index in [1.807, 2.05) is 0 Å². The van der Waals surface area contributed by atoms with Crippen LogP contribution in [-0.2, 0) is 16.1 Å². The van der Waals surface area contributed by atoms with Crippen molar-refractivity contribution >= 4 is 22.4 Å². The first-order valence-corrected chi connectivity index (χ1v) is 3.75.